The Bertz CT molecular complexity index is 773. The lowest BCUT2D eigenvalue weighted by Crippen LogP contribution is -2.05. The van der Waals surface area contributed by atoms with Gasteiger partial charge in [-0.3, -0.25) is 4.79 Å². The Morgan fingerprint density at radius 3 is 2.53 bits per heavy atom. The molecule has 3 rings (SSSR count). The molecule has 0 aliphatic heterocycles. The number of rotatable bonds is 2. The quantitative estimate of drug-likeness (QED) is 0.691. The maximum Gasteiger partial charge on any atom is 0.198 e. The molecule has 0 radical (unpaired) electrons. The summed E-state index contributed by atoms with van der Waals surface area (Å²) < 4.78 is 13.7. The standard InChI is InChI=1S/C16H12FNO/c1-10-15(12-7-3-5-9-14(12)18-10)16(19)11-6-2-4-8-13(11)17/h2-9,18H,1H3. The molecule has 0 aliphatic rings. The maximum atomic E-state index is 13.7. The monoisotopic (exact) mass is 253 g/mol. The summed E-state index contributed by atoms with van der Waals surface area (Å²) in [6, 6.07) is 13.6. The number of benzene rings is 2. The van der Waals surface area contributed by atoms with Crippen molar-refractivity contribution in [3.05, 3.63) is 71.2 Å². The van der Waals surface area contributed by atoms with Crippen LogP contribution in [0.2, 0.25) is 0 Å². The number of nitrogens with one attached hydrogen (secondary N) is 1. The summed E-state index contributed by atoms with van der Waals surface area (Å²) in [6.45, 7) is 1.83. The predicted octanol–water partition coefficient (Wildman–Crippen LogP) is 3.85. The first-order valence-electron chi connectivity index (χ1n) is 6.05. The zero-order chi connectivity index (χ0) is 13.4. The number of aryl methyl sites for hydroxylation is 1. The van der Waals surface area contributed by atoms with E-state index in [0.29, 0.717) is 5.56 Å². The number of aromatic nitrogens is 1. The van der Waals surface area contributed by atoms with Crippen LogP contribution >= 0.6 is 0 Å². The van der Waals surface area contributed by atoms with Crippen molar-refractivity contribution < 1.29 is 9.18 Å². The summed E-state index contributed by atoms with van der Waals surface area (Å²) in [6.07, 6.45) is 0. The lowest BCUT2D eigenvalue weighted by molar-refractivity contribution is 0.103. The molecule has 0 bridgehead atoms. The van der Waals surface area contributed by atoms with Crippen molar-refractivity contribution in [3.8, 4) is 0 Å². The molecule has 2 nitrogen and oxygen atoms in total. The van der Waals surface area contributed by atoms with Crippen molar-refractivity contribution in [2.45, 2.75) is 6.92 Å². The van der Waals surface area contributed by atoms with E-state index < -0.39 is 5.82 Å². The molecular formula is C16H12FNO. The highest BCUT2D eigenvalue weighted by Gasteiger charge is 2.19. The SMILES string of the molecule is Cc1[nH]c2ccccc2c1C(=O)c1ccccc1F. The number of H-pyrrole nitrogens is 1. The van der Waals surface area contributed by atoms with Crippen LogP contribution in [0.3, 0.4) is 0 Å². The van der Waals surface area contributed by atoms with Crippen LogP contribution in [-0.2, 0) is 0 Å². The van der Waals surface area contributed by atoms with Gasteiger partial charge in [-0.25, -0.2) is 4.39 Å². The fraction of sp³-hybridized carbons (Fsp3) is 0.0625. The minimum Gasteiger partial charge on any atom is -0.358 e. The van der Waals surface area contributed by atoms with Crippen LogP contribution in [0.15, 0.2) is 48.5 Å². The van der Waals surface area contributed by atoms with Crippen molar-refractivity contribution in [2.75, 3.05) is 0 Å². The minimum absolute atomic E-state index is 0.107. The fourth-order valence-corrected chi connectivity index (χ4v) is 2.35. The number of hydrogen-bond acceptors (Lipinski definition) is 1. The second kappa shape index (κ2) is 4.35. The number of halogens is 1. The lowest BCUT2D eigenvalue weighted by atomic mass is 10.00. The van der Waals surface area contributed by atoms with Gasteiger partial charge in [0.1, 0.15) is 5.82 Å². The number of fused-ring (bicyclic) bond motifs is 1. The number of hydrogen-bond donors (Lipinski definition) is 1. The molecule has 94 valence electrons. The predicted molar refractivity (Wildman–Crippen MR) is 72.9 cm³/mol. The van der Waals surface area contributed by atoms with Gasteiger partial charge >= 0.3 is 0 Å². The summed E-state index contributed by atoms with van der Waals surface area (Å²) >= 11 is 0. The van der Waals surface area contributed by atoms with Crippen molar-refractivity contribution >= 4 is 16.7 Å². The van der Waals surface area contributed by atoms with E-state index in [4.69, 9.17) is 0 Å². The van der Waals surface area contributed by atoms with Crippen LogP contribution < -0.4 is 0 Å². The molecule has 3 aromatic rings. The van der Waals surface area contributed by atoms with Gasteiger partial charge in [-0.05, 0) is 25.1 Å². The van der Waals surface area contributed by atoms with Crippen molar-refractivity contribution in [2.24, 2.45) is 0 Å². The average Bonchev–Trinajstić information content (AvgIpc) is 2.74. The van der Waals surface area contributed by atoms with Crippen LogP contribution in [0.5, 0.6) is 0 Å². The summed E-state index contributed by atoms with van der Waals surface area (Å²) in [5, 5.41) is 0.827. The third kappa shape index (κ3) is 1.83. The molecule has 2 aromatic carbocycles. The molecule has 0 amide bonds. The molecule has 0 fully saturated rings. The topological polar surface area (TPSA) is 32.9 Å². The Balaban J connectivity index is 2.23. The van der Waals surface area contributed by atoms with E-state index in [1.54, 1.807) is 12.1 Å². The lowest BCUT2D eigenvalue weighted by Gasteiger charge is -2.02. The number of ketones is 1. The molecule has 1 heterocycles. The highest BCUT2D eigenvalue weighted by atomic mass is 19.1. The van der Waals surface area contributed by atoms with Gasteiger partial charge in [0.2, 0.25) is 0 Å². The van der Waals surface area contributed by atoms with Crippen molar-refractivity contribution in [1.82, 2.24) is 4.98 Å². The third-order valence-electron chi connectivity index (χ3n) is 3.24. The van der Waals surface area contributed by atoms with E-state index in [-0.39, 0.29) is 11.3 Å². The Labute approximate surface area is 109 Å². The normalized spacial score (nSPS) is 10.8. The zero-order valence-electron chi connectivity index (χ0n) is 10.4. The average molecular weight is 253 g/mol. The first kappa shape index (κ1) is 11.7. The molecule has 0 saturated carbocycles. The third-order valence-corrected chi connectivity index (χ3v) is 3.24. The smallest absolute Gasteiger partial charge is 0.198 e. The van der Waals surface area contributed by atoms with Gasteiger partial charge in [-0.15, -0.1) is 0 Å². The van der Waals surface area contributed by atoms with Gasteiger partial charge in [0.25, 0.3) is 0 Å². The fourth-order valence-electron chi connectivity index (χ4n) is 2.35. The summed E-state index contributed by atoms with van der Waals surface area (Å²) in [7, 11) is 0. The van der Waals surface area contributed by atoms with Gasteiger partial charge in [0.05, 0.1) is 11.1 Å². The van der Waals surface area contributed by atoms with Gasteiger partial charge in [-0.2, -0.15) is 0 Å². The molecule has 0 saturated heterocycles. The summed E-state index contributed by atoms with van der Waals surface area (Å²) in [5.41, 5.74) is 2.30. The Morgan fingerprint density at radius 2 is 1.74 bits per heavy atom. The van der Waals surface area contributed by atoms with E-state index in [9.17, 15) is 9.18 Å². The van der Waals surface area contributed by atoms with Crippen LogP contribution in [0.4, 0.5) is 4.39 Å². The number of carbonyl (C=O) groups excluding carboxylic acids is 1. The minimum atomic E-state index is -0.489. The van der Waals surface area contributed by atoms with E-state index in [1.807, 2.05) is 31.2 Å². The van der Waals surface area contributed by atoms with Crippen molar-refractivity contribution in [1.29, 1.82) is 0 Å². The van der Waals surface area contributed by atoms with Gasteiger partial charge in [0, 0.05) is 16.6 Å². The first-order chi connectivity index (χ1) is 9.18. The molecule has 0 aliphatic carbocycles. The van der Waals surface area contributed by atoms with Crippen LogP contribution in [0.25, 0.3) is 10.9 Å². The maximum absolute atomic E-state index is 13.7. The molecule has 1 aromatic heterocycles. The first-order valence-corrected chi connectivity index (χ1v) is 6.05. The number of carbonyl (C=O) groups is 1. The van der Waals surface area contributed by atoms with Gasteiger partial charge in [-0.1, -0.05) is 30.3 Å². The number of para-hydroxylation sites is 1. The highest BCUT2D eigenvalue weighted by Crippen LogP contribution is 2.25. The zero-order valence-corrected chi connectivity index (χ0v) is 10.4. The van der Waals surface area contributed by atoms with E-state index >= 15 is 0 Å². The van der Waals surface area contributed by atoms with E-state index in [2.05, 4.69) is 4.98 Å². The summed E-state index contributed by atoms with van der Waals surface area (Å²) in [5.74, 6) is -0.773. The summed E-state index contributed by atoms with van der Waals surface area (Å²) in [4.78, 5) is 15.7. The molecule has 3 heteroatoms. The largest absolute Gasteiger partial charge is 0.358 e. The van der Waals surface area contributed by atoms with Crippen LogP contribution in [-0.4, -0.2) is 10.8 Å². The van der Waals surface area contributed by atoms with E-state index in [1.165, 1.54) is 12.1 Å². The molecule has 1 N–H and O–H groups in total. The van der Waals surface area contributed by atoms with Crippen LogP contribution in [0.1, 0.15) is 21.6 Å². The molecular weight excluding hydrogens is 241 g/mol. The number of aromatic amines is 1. The Kier molecular flexibility index (Phi) is 2.67. The molecule has 0 atom stereocenters. The molecule has 0 unspecified atom stereocenters. The Morgan fingerprint density at radius 1 is 1.05 bits per heavy atom. The van der Waals surface area contributed by atoms with Crippen LogP contribution in [0, 0.1) is 12.7 Å². The molecule has 0 spiro atoms. The van der Waals surface area contributed by atoms with Gasteiger partial charge in [0.15, 0.2) is 5.78 Å². The second-order valence-electron chi connectivity index (χ2n) is 4.48. The molecule has 19 heavy (non-hydrogen) atoms. The second-order valence-corrected chi connectivity index (χ2v) is 4.48. The van der Waals surface area contributed by atoms with Gasteiger partial charge < -0.3 is 4.98 Å². The van der Waals surface area contributed by atoms with E-state index in [0.717, 1.165) is 16.6 Å². The van der Waals surface area contributed by atoms with Crippen molar-refractivity contribution in [3.63, 3.8) is 0 Å². The highest BCUT2D eigenvalue weighted by molar-refractivity contribution is 6.17. The Hall–Kier alpha value is -2.42.